The highest BCUT2D eigenvalue weighted by Crippen LogP contribution is 2.25. The van der Waals surface area contributed by atoms with E-state index in [0.717, 1.165) is 5.56 Å². The molecule has 2 rings (SSSR count). The second-order valence-electron chi connectivity index (χ2n) is 5.65. The fraction of sp³-hybridized carbons (Fsp3) is 0.385. The largest absolute Gasteiger partial charge is 0.296 e. The van der Waals surface area contributed by atoms with Crippen molar-refractivity contribution in [3.8, 4) is 0 Å². The van der Waals surface area contributed by atoms with E-state index in [1.807, 2.05) is 32.9 Å². The maximum Gasteiger partial charge on any atom is 0.296 e. The summed E-state index contributed by atoms with van der Waals surface area (Å²) in [6.45, 7) is 5.61. The standard InChI is InChI=1S/C13H15Cl2N3O2S/c1-13(2,3)18-11(16-17-12(18)21(15,19)20)8-9-4-6-10(14)7-5-9/h4-7H,8H2,1-3H3. The average molecular weight is 348 g/mol. The monoisotopic (exact) mass is 347 g/mol. The predicted molar refractivity (Wildman–Crippen MR) is 82.3 cm³/mol. The summed E-state index contributed by atoms with van der Waals surface area (Å²) in [7, 11) is 1.48. The topological polar surface area (TPSA) is 64.8 Å². The molecule has 0 bridgehead atoms. The fourth-order valence-corrected chi connectivity index (χ4v) is 3.19. The van der Waals surface area contributed by atoms with Gasteiger partial charge in [-0.25, -0.2) is 8.42 Å². The normalized spacial score (nSPS) is 12.6. The molecule has 0 unspecified atom stereocenters. The molecule has 0 radical (unpaired) electrons. The zero-order chi connectivity index (χ0) is 15.8. The van der Waals surface area contributed by atoms with Crippen molar-refractivity contribution in [2.75, 3.05) is 0 Å². The van der Waals surface area contributed by atoms with Crippen LogP contribution in [0.1, 0.15) is 32.2 Å². The first-order chi connectivity index (χ1) is 9.59. The van der Waals surface area contributed by atoms with Crippen LogP contribution < -0.4 is 0 Å². The van der Waals surface area contributed by atoms with Crippen LogP contribution in [-0.4, -0.2) is 23.2 Å². The number of halogens is 2. The highest BCUT2D eigenvalue weighted by atomic mass is 35.7. The van der Waals surface area contributed by atoms with E-state index in [1.54, 1.807) is 16.7 Å². The van der Waals surface area contributed by atoms with Crippen molar-refractivity contribution in [2.45, 2.75) is 37.9 Å². The van der Waals surface area contributed by atoms with Gasteiger partial charge in [0.05, 0.1) is 0 Å². The van der Waals surface area contributed by atoms with Gasteiger partial charge in [0.2, 0.25) is 0 Å². The molecule has 1 heterocycles. The molecule has 21 heavy (non-hydrogen) atoms. The van der Waals surface area contributed by atoms with E-state index in [-0.39, 0.29) is 5.16 Å². The minimum absolute atomic E-state index is 0.236. The number of hydrogen-bond donors (Lipinski definition) is 0. The molecule has 2 aromatic rings. The Hall–Kier alpha value is -1.11. The summed E-state index contributed by atoms with van der Waals surface area (Å²) in [5.74, 6) is 0.532. The van der Waals surface area contributed by atoms with Crippen molar-refractivity contribution in [1.29, 1.82) is 0 Å². The third-order valence-electron chi connectivity index (χ3n) is 2.86. The Kier molecular flexibility index (Phi) is 4.33. The Morgan fingerprint density at radius 3 is 2.19 bits per heavy atom. The summed E-state index contributed by atoms with van der Waals surface area (Å²) in [4.78, 5) is 0. The Balaban J connectivity index is 2.50. The van der Waals surface area contributed by atoms with E-state index < -0.39 is 14.6 Å². The number of aromatic nitrogens is 3. The SMILES string of the molecule is CC(C)(C)n1c(Cc2ccc(Cl)cc2)nnc1S(=O)(=O)Cl. The van der Waals surface area contributed by atoms with E-state index in [1.165, 1.54) is 0 Å². The van der Waals surface area contributed by atoms with Gasteiger partial charge >= 0.3 is 0 Å². The maximum atomic E-state index is 11.6. The van der Waals surface area contributed by atoms with Gasteiger partial charge in [-0.1, -0.05) is 23.7 Å². The van der Waals surface area contributed by atoms with Crippen LogP contribution in [0, 0.1) is 0 Å². The molecular weight excluding hydrogens is 333 g/mol. The van der Waals surface area contributed by atoms with Gasteiger partial charge < -0.3 is 0 Å². The molecule has 114 valence electrons. The molecular formula is C13H15Cl2N3O2S. The molecule has 0 atom stereocenters. The van der Waals surface area contributed by atoms with Gasteiger partial charge in [0.25, 0.3) is 14.2 Å². The molecule has 0 saturated heterocycles. The van der Waals surface area contributed by atoms with Gasteiger partial charge in [-0.05, 0) is 38.5 Å². The second-order valence-corrected chi connectivity index (χ2v) is 8.54. The molecule has 0 spiro atoms. The van der Waals surface area contributed by atoms with Crippen LogP contribution in [0.15, 0.2) is 29.4 Å². The third kappa shape index (κ3) is 3.75. The number of benzene rings is 1. The van der Waals surface area contributed by atoms with E-state index in [0.29, 0.717) is 17.3 Å². The molecule has 0 N–H and O–H groups in total. The summed E-state index contributed by atoms with van der Waals surface area (Å²) in [6.07, 6.45) is 0.438. The summed E-state index contributed by atoms with van der Waals surface area (Å²) in [5, 5.41) is 8.12. The predicted octanol–water partition coefficient (Wildman–Crippen LogP) is 3.20. The van der Waals surface area contributed by atoms with Crippen molar-refractivity contribution >= 4 is 31.3 Å². The number of hydrogen-bond acceptors (Lipinski definition) is 4. The first kappa shape index (κ1) is 16.3. The molecule has 1 aromatic carbocycles. The molecule has 0 amide bonds. The van der Waals surface area contributed by atoms with Crippen LogP contribution in [0.4, 0.5) is 0 Å². The van der Waals surface area contributed by atoms with Crippen LogP contribution in [0.2, 0.25) is 5.02 Å². The Morgan fingerprint density at radius 1 is 1.14 bits per heavy atom. The zero-order valence-electron chi connectivity index (χ0n) is 11.8. The third-order valence-corrected chi connectivity index (χ3v) is 4.23. The van der Waals surface area contributed by atoms with Gasteiger partial charge in [0.15, 0.2) is 0 Å². The van der Waals surface area contributed by atoms with Gasteiger partial charge in [-0.2, -0.15) is 0 Å². The van der Waals surface area contributed by atoms with Crippen LogP contribution in [-0.2, 0) is 21.0 Å². The van der Waals surface area contributed by atoms with Crippen molar-refractivity contribution in [2.24, 2.45) is 0 Å². The van der Waals surface area contributed by atoms with Gasteiger partial charge in [0.1, 0.15) is 5.82 Å². The fourth-order valence-electron chi connectivity index (χ4n) is 2.03. The number of rotatable bonds is 3. The summed E-state index contributed by atoms with van der Waals surface area (Å²) in [5.41, 5.74) is 0.443. The minimum atomic E-state index is -3.95. The van der Waals surface area contributed by atoms with E-state index in [4.69, 9.17) is 22.3 Å². The van der Waals surface area contributed by atoms with E-state index in [2.05, 4.69) is 10.2 Å². The summed E-state index contributed by atoms with van der Waals surface area (Å²) in [6, 6.07) is 7.26. The van der Waals surface area contributed by atoms with Crippen LogP contribution in [0.3, 0.4) is 0 Å². The molecule has 8 heteroatoms. The lowest BCUT2D eigenvalue weighted by molar-refractivity contribution is 0.352. The summed E-state index contributed by atoms with van der Waals surface area (Å²) < 4.78 is 24.8. The lowest BCUT2D eigenvalue weighted by atomic mass is 10.1. The first-order valence-corrected chi connectivity index (χ1v) is 8.91. The second kappa shape index (κ2) is 5.59. The Labute approximate surface area is 133 Å². The highest BCUT2D eigenvalue weighted by molar-refractivity contribution is 8.13. The zero-order valence-corrected chi connectivity index (χ0v) is 14.2. The molecule has 0 aliphatic rings. The van der Waals surface area contributed by atoms with Gasteiger partial charge in [0, 0.05) is 27.7 Å². The molecule has 1 aromatic heterocycles. The van der Waals surface area contributed by atoms with Crippen molar-refractivity contribution in [3.63, 3.8) is 0 Å². The maximum absolute atomic E-state index is 11.6. The van der Waals surface area contributed by atoms with Gasteiger partial charge in [-0.15, -0.1) is 10.2 Å². The smallest absolute Gasteiger partial charge is 0.295 e. The molecule has 0 aliphatic heterocycles. The van der Waals surface area contributed by atoms with Crippen molar-refractivity contribution in [3.05, 3.63) is 40.7 Å². The van der Waals surface area contributed by atoms with Crippen molar-refractivity contribution < 1.29 is 8.42 Å². The van der Waals surface area contributed by atoms with Gasteiger partial charge in [-0.3, -0.25) is 4.57 Å². The Morgan fingerprint density at radius 2 is 1.71 bits per heavy atom. The highest BCUT2D eigenvalue weighted by Gasteiger charge is 2.29. The van der Waals surface area contributed by atoms with E-state index in [9.17, 15) is 8.42 Å². The average Bonchev–Trinajstić information content (AvgIpc) is 2.75. The molecule has 0 saturated carbocycles. The van der Waals surface area contributed by atoms with Crippen LogP contribution in [0.25, 0.3) is 0 Å². The summed E-state index contributed by atoms with van der Waals surface area (Å²) >= 11 is 5.85. The molecule has 0 fully saturated rings. The molecule has 0 aliphatic carbocycles. The Bertz CT molecular complexity index is 747. The molecule has 5 nitrogen and oxygen atoms in total. The lowest BCUT2D eigenvalue weighted by Gasteiger charge is -2.24. The van der Waals surface area contributed by atoms with Crippen LogP contribution in [0.5, 0.6) is 0 Å². The number of nitrogens with zero attached hydrogens (tertiary/aromatic N) is 3. The minimum Gasteiger partial charge on any atom is -0.295 e. The lowest BCUT2D eigenvalue weighted by Crippen LogP contribution is -2.27. The van der Waals surface area contributed by atoms with Crippen molar-refractivity contribution in [1.82, 2.24) is 14.8 Å². The first-order valence-electron chi connectivity index (χ1n) is 6.23. The quantitative estimate of drug-likeness (QED) is 0.799. The van der Waals surface area contributed by atoms with Crippen LogP contribution >= 0.6 is 22.3 Å². The van der Waals surface area contributed by atoms with E-state index >= 15 is 0 Å².